The Kier molecular flexibility index (Phi) is 5.82. The Hall–Kier alpha value is -0.420. The predicted molar refractivity (Wildman–Crippen MR) is 82.2 cm³/mol. The summed E-state index contributed by atoms with van der Waals surface area (Å²) >= 11 is 3.70. The first kappa shape index (κ1) is 15.0. The molecule has 1 saturated carbocycles. The summed E-state index contributed by atoms with van der Waals surface area (Å²) < 4.78 is 6.42. The van der Waals surface area contributed by atoms with Crippen LogP contribution in [-0.4, -0.2) is 38.3 Å². The maximum atomic E-state index is 5.21. The molecule has 4 heteroatoms. The lowest BCUT2D eigenvalue weighted by atomic mass is 10.1. The predicted octanol–water partition coefficient (Wildman–Crippen LogP) is 2.78. The van der Waals surface area contributed by atoms with Crippen molar-refractivity contribution >= 4 is 15.9 Å². The van der Waals surface area contributed by atoms with Crippen molar-refractivity contribution < 1.29 is 4.74 Å². The molecule has 0 unspecified atom stereocenters. The molecule has 19 heavy (non-hydrogen) atoms. The van der Waals surface area contributed by atoms with E-state index in [1.165, 1.54) is 28.4 Å². The third-order valence-electron chi connectivity index (χ3n) is 3.52. The van der Waals surface area contributed by atoms with E-state index in [4.69, 9.17) is 4.74 Å². The van der Waals surface area contributed by atoms with E-state index >= 15 is 0 Å². The molecule has 1 aromatic carbocycles. The third-order valence-corrected chi connectivity index (χ3v) is 4.26. The van der Waals surface area contributed by atoms with Crippen molar-refractivity contribution in [1.29, 1.82) is 0 Å². The first-order valence-corrected chi connectivity index (χ1v) is 7.68. The Morgan fingerprint density at radius 2 is 2.21 bits per heavy atom. The number of rotatable bonds is 8. The van der Waals surface area contributed by atoms with Gasteiger partial charge in [-0.2, -0.15) is 0 Å². The van der Waals surface area contributed by atoms with Crippen molar-refractivity contribution in [1.82, 2.24) is 10.2 Å². The minimum atomic E-state index is 0.763. The second-order valence-electron chi connectivity index (χ2n) is 5.15. The van der Waals surface area contributed by atoms with Crippen molar-refractivity contribution in [2.45, 2.75) is 32.0 Å². The SMILES string of the molecule is CNCc1ccc(CN(CCOC)C2CC2)c(Br)c1. The van der Waals surface area contributed by atoms with Crippen molar-refractivity contribution in [3.05, 3.63) is 33.8 Å². The van der Waals surface area contributed by atoms with Crippen LogP contribution in [0.2, 0.25) is 0 Å². The van der Waals surface area contributed by atoms with E-state index in [-0.39, 0.29) is 0 Å². The van der Waals surface area contributed by atoms with Gasteiger partial charge in [0.25, 0.3) is 0 Å². The highest BCUT2D eigenvalue weighted by atomic mass is 79.9. The number of nitrogens with one attached hydrogen (secondary N) is 1. The summed E-state index contributed by atoms with van der Waals surface area (Å²) in [5.74, 6) is 0. The molecule has 0 aromatic heterocycles. The summed E-state index contributed by atoms with van der Waals surface area (Å²) in [6.07, 6.45) is 2.67. The summed E-state index contributed by atoms with van der Waals surface area (Å²) in [5, 5.41) is 3.18. The fourth-order valence-corrected chi connectivity index (χ4v) is 2.84. The van der Waals surface area contributed by atoms with E-state index in [1.54, 1.807) is 7.11 Å². The number of nitrogens with zero attached hydrogens (tertiary/aromatic N) is 1. The monoisotopic (exact) mass is 326 g/mol. The van der Waals surface area contributed by atoms with E-state index in [2.05, 4.69) is 44.3 Å². The summed E-state index contributed by atoms with van der Waals surface area (Å²) in [6, 6.07) is 7.42. The Bertz CT molecular complexity index is 407. The van der Waals surface area contributed by atoms with E-state index in [0.717, 1.165) is 32.3 Å². The molecular weight excluding hydrogens is 304 g/mol. The molecule has 2 rings (SSSR count). The van der Waals surface area contributed by atoms with E-state index in [0.29, 0.717) is 0 Å². The van der Waals surface area contributed by atoms with E-state index in [1.807, 2.05) is 7.05 Å². The molecule has 1 aliphatic rings. The highest BCUT2D eigenvalue weighted by molar-refractivity contribution is 9.10. The molecule has 0 aliphatic heterocycles. The van der Waals surface area contributed by atoms with Gasteiger partial charge < -0.3 is 10.1 Å². The molecule has 0 amide bonds. The lowest BCUT2D eigenvalue weighted by Crippen LogP contribution is -2.29. The summed E-state index contributed by atoms with van der Waals surface area (Å²) in [4.78, 5) is 2.53. The van der Waals surface area contributed by atoms with Gasteiger partial charge in [-0.1, -0.05) is 28.1 Å². The van der Waals surface area contributed by atoms with Crippen LogP contribution in [0.25, 0.3) is 0 Å². The maximum absolute atomic E-state index is 5.21. The lowest BCUT2D eigenvalue weighted by Gasteiger charge is -2.22. The van der Waals surface area contributed by atoms with Crippen molar-refractivity contribution in [3.63, 3.8) is 0 Å². The fourth-order valence-electron chi connectivity index (χ4n) is 2.29. The Morgan fingerprint density at radius 3 is 2.79 bits per heavy atom. The second kappa shape index (κ2) is 7.39. The minimum Gasteiger partial charge on any atom is -0.383 e. The molecule has 0 bridgehead atoms. The van der Waals surface area contributed by atoms with Crippen LogP contribution in [-0.2, 0) is 17.8 Å². The molecule has 0 radical (unpaired) electrons. The number of ether oxygens (including phenoxy) is 1. The van der Waals surface area contributed by atoms with Gasteiger partial charge in [0.2, 0.25) is 0 Å². The normalized spacial score (nSPS) is 15.2. The molecule has 1 aliphatic carbocycles. The first-order valence-electron chi connectivity index (χ1n) is 6.89. The topological polar surface area (TPSA) is 24.5 Å². The zero-order valence-electron chi connectivity index (χ0n) is 11.8. The van der Waals surface area contributed by atoms with Gasteiger partial charge >= 0.3 is 0 Å². The van der Waals surface area contributed by atoms with Gasteiger partial charge in [0.15, 0.2) is 0 Å². The Labute approximate surface area is 124 Å². The molecule has 1 N–H and O–H groups in total. The Balaban J connectivity index is 1.99. The van der Waals surface area contributed by atoms with Crippen molar-refractivity contribution in [3.8, 4) is 0 Å². The van der Waals surface area contributed by atoms with E-state index < -0.39 is 0 Å². The Morgan fingerprint density at radius 1 is 1.42 bits per heavy atom. The second-order valence-corrected chi connectivity index (χ2v) is 6.00. The minimum absolute atomic E-state index is 0.763. The highest BCUT2D eigenvalue weighted by Crippen LogP contribution is 2.29. The zero-order chi connectivity index (χ0) is 13.7. The molecule has 1 aromatic rings. The average molecular weight is 327 g/mol. The van der Waals surface area contributed by atoms with Crippen LogP contribution in [0, 0.1) is 0 Å². The quantitative estimate of drug-likeness (QED) is 0.795. The molecule has 106 valence electrons. The van der Waals surface area contributed by atoms with Crippen molar-refractivity contribution in [2.75, 3.05) is 27.3 Å². The summed E-state index contributed by atoms with van der Waals surface area (Å²) in [6.45, 7) is 3.75. The van der Waals surface area contributed by atoms with Gasteiger partial charge in [-0.05, 0) is 37.1 Å². The summed E-state index contributed by atoms with van der Waals surface area (Å²) in [7, 11) is 3.74. The van der Waals surface area contributed by atoms with Gasteiger partial charge in [-0.25, -0.2) is 0 Å². The molecule has 0 heterocycles. The molecular formula is C15H23BrN2O. The molecule has 0 atom stereocenters. The van der Waals surface area contributed by atoms with Crippen molar-refractivity contribution in [2.24, 2.45) is 0 Å². The molecule has 1 fully saturated rings. The van der Waals surface area contributed by atoms with Crippen LogP contribution in [0.15, 0.2) is 22.7 Å². The van der Waals surface area contributed by atoms with Gasteiger partial charge in [0, 0.05) is 37.3 Å². The third kappa shape index (κ3) is 4.56. The smallest absolute Gasteiger partial charge is 0.0589 e. The van der Waals surface area contributed by atoms with Crippen LogP contribution in [0.5, 0.6) is 0 Å². The molecule has 0 saturated heterocycles. The molecule has 3 nitrogen and oxygen atoms in total. The zero-order valence-corrected chi connectivity index (χ0v) is 13.4. The summed E-state index contributed by atoms with van der Waals surface area (Å²) in [5.41, 5.74) is 2.68. The standard InChI is InChI=1S/C15H23BrN2O/c1-17-10-12-3-4-13(15(16)9-12)11-18(7-8-19-2)14-5-6-14/h3-4,9,14,17H,5-8,10-11H2,1-2H3. The highest BCUT2D eigenvalue weighted by Gasteiger charge is 2.28. The largest absolute Gasteiger partial charge is 0.383 e. The maximum Gasteiger partial charge on any atom is 0.0589 e. The lowest BCUT2D eigenvalue weighted by molar-refractivity contribution is 0.139. The van der Waals surface area contributed by atoms with Crippen LogP contribution >= 0.6 is 15.9 Å². The van der Waals surface area contributed by atoms with Gasteiger partial charge in [-0.3, -0.25) is 4.90 Å². The first-order chi connectivity index (χ1) is 9.24. The van der Waals surface area contributed by atoms with Crippen LogP contribution < -0.4 is 5.32 Å². The fraction of sp³-hybridized carbons (Fsp3) is 0.600. The average Bonchev–Trinajstić information content (AvgIpc) is 3.21. The van der Waals surface area contributed by atoms with E-state index in [9.17, 15) is 0 Å². The van der Waals surface area contributed by atoms with Crippen LogP contribution in [0.1, 0.15) is 24.0 Å². The van der Waals surface area contributed by atoms with Gasteiger partial charge in [-0.15, -0.1) is 0 Å². The number of hydrogen-bond acceptors (Lipinski definition) is 3. The van der Waals surface area contributed by atoms with Gasteiger partial charge in [0.1, 0.15) is 0 Å². The van der Waals surface area contributed by atoms with Gasteiger partial charge in [0.05, 0.1) is 6.61 Å². The molecule has 0 spiro atoms. The van der Waals surface area contributed by atoms with Crippen LogP contribution in [0.4, 0.5) is 0 Å². The number of hydrogen-bond donors (Lipinski definition) is 1. The number of halogens is 1. The number of methoxy groups -OCH3 is 1. The van der Waals surface area contributed by atoms with Crippen LogP contribution in [0.3, 0.4) is 0 Å². The number of benzene rings is 1.